The van der Waals surface area contributed by atoms with Gasteiger partial charge in [-0.3, -0.25) is 0 Å². The van der Waals surface area contributed by atoms with E-state index < -0.39 is 0 Å². The number of halogens is 1. The van der Waals surface area contributed by atoms with Gasteiger partial charge in [0.1, 0.15) is 5.82 Å². The fourth-order valence-electron chi connectivity index (χ4n) is 9.79. The summed E-state index contributed by atoms with van der Waals surface area (Å²) in [5, 5.41) is 21.3. The summed E-state index contributed by atoms with van der Waals surface area (Å²) >= 11 is 0. The highest BCUT2D eigenvalue weighted by Crippen LogP contribution is 2.52. The summed E-state index contributed by atoms with van der Waals surface area (Å²) in [5.74, 6) is -0.178. The molecule has 0 amide bonds. The Morgan fingerprint density at radius 3 is 1.46 bits per heavy atom. The van der Waals surface area contributed by atoms with Gasteiger partial charge in [-0.25, -0.2) is 4.39 Å². The van der Waals surface area contributed by atoms with Crippen LogP contribution >= 0.6 is 0 Å². The third kappa shape index (κ3) is 4.30. The average molecular weight is 714 g/mol. The van der Waals surface area contributed by atoms with Crippen LogP contribution in [0.3, 0.4) is 0 Å². The zero-order valence-corrected chi connectivity index (χ0v) is 30.3. The van der Waals surface area contributed by atoms with Crippen molar-refractivity contribution in [2.75, 3.05) is 0 Å². The van der Waals surface area contributed by atoms with Gasteiger partial charge in [-0.15, -0.1) is 0 Å². The highest BCUT2D eigenvalue weighted by Gasteiger charge is 2.24. The molecule has 0 radical (unpaired) electrons. The molecule has 0 unspecified atom stereocenters. The molecule has 0 aliphatic heterocycles. The number of benzene rings is 10. The molecule has 1 nitrogen and oxygen atoms in total. The second-order valence-corrected chi connectivity index (χ2v) is 14.9. The zero-order valence-electron chi connectivity index (χ0n) is 30.3. The molecular formula is C54H32FN. The number of hydrogen-bond acceptors (Lipinski definition) is 0. The van der Waals surface area contributed by atoms with Crippen molar-refractivity contribution in [2.24, 2.45) is 0 Å². The lowest BCUT2D eigenvalue weighted by Crippen LogP contribution is -1.92. The smallest absolute Gasteiger partial charge is 0.123 e. The molecule has 0 aliphatic rings. The Morgan fingerprint density at radius 1 is 0.304 bits per heavy atom. The van der Waals surface area contributed by atoms with Gasteiger partial charge in [0.2, 0.25) is 0 Å². The number of nitrogens with zero attached hydrogens (tertiary/aromatic N) is 1. The van der Waals surface area contributed by atoms with Gasteiger partial charge >= 0.3 is 0 Å². The number of fused-ring (bicyclic) bond motifs is 12. The van der Waals surface area contributed by atoms with Crippen molar-refractivity contribution in [3.05, 3.63) is 200 Å². The second kappa shape index (κ2) is 11.9. The monoisotopic (exact) mass is 713 g/mol. The van der Waals surface area contributed by atoms with E-state index in [2.05, 4.69) is 168 Å². The van der Waals surface area contributed by atoms with E-state index in [0.717, 1.165) is 0 Å². The lowest BCUT2D eigenvalue weighted by Gasteiger charge is -2.14. The molecule has 0 saturated carbocycles. The van der Waals surface area contributed by atoms with Gasteiger partial charge in [0.05, 0.1) is 11.0 Å². The van der Waals surface area contributed by atoms with E-state index in [1.54, 1.807) is 18.2 Å². The molecule has 0 atom stereocenters. The maximum Gasteiger partial charge on any atom is 0.123 e. The summed E-state index contributed by atoms with van der Waals surface area (Å²) in [6.07, 6.45) is 0. The first-order chi connectivity index (χ1) is 27.7. The molecule has 0 spiro atoms. The van der Waals surface area contributed by atoms with E-state index in [4.69, 9.17) is 0 Å². The van der Waals surface area contributed by atoms with E-state index in [-0.39, 0.29) is 5.82 Å². The summed E-state index contributed by atoms with van der Waals surface area (Å²) in [6, 6.07) is 69.0. The predicted octanol–water partition coefficient (Wildman–Crippen LogP) is 15.2. The lowest BCUT2D eigenvalue weighted by molar-refractivity contribution is 0.628. The largest absolute Gasteiger partial charge is 0.309 e. The van der Waals surface area contributed by atoms with Gasteiger partial charge < -0.3 is 4.57 Å². The molecule has 2 heteroatoms. The van der Waals surface area contributed by atoms with Gasteiger partial charge in [0.15, 0.2) is 0 Å². The van der Waals surface area contributed by atoms with E-state index in [0.29, 0.717) is 0 Å². The van der Waals surface area contributed by atoms with E-state index in [9.17, 15) is 4.39 Å². The SMILES string of the molecule is Fc1ccccc1.c1ccc(-c2c3c(cc4c5cc6c(c7cccc(c24)c57)c2ccccc2n6-c2ccccc2)cc2c4ccccc4c4cccc3c42)cc1. The van der Waals surface area contributed by atoms with Crippen LogP contribution in [0.1, 0.15) is 0 Å². The third-order valence-corrected chi connectivity index (χ3v) is 11.9. The fraction of sp³-hybridized carbons (Fsp3) is 0. The third-order valence-electron chi connectivity index (χ3n) is 11.9. The molecular weight excluding hydrogens is 682 g/mol. The summed E-state index contributed by atoms with van der Waals surface area (Å²) in [6.45, 7) is 0. The van der Waals surface area contributed by atoms with Gasteiger partial charge in [-0.2, -0.15) is 0 Å². The average Bonchev–Trinajstić information content (AvgIpc) is 3.88. The van der Waals surface area contributed by atoms with Crippen molar-refractivity contribution in [3.8, 4) is 16.8 Å². The maximum absolute atomic E-state index is 11.9. The topological polar surface area (TPSA) is 4.93 Å². The minimum absolute atomic E-state index is 0.178. The summed E-state index contributed by atoms with van der Waals surface area (Å²) in [5.41, 5.74) is 6.26. The van der Waals surface area contributed by atoms with Crippen molar-refractivity contribution in [1.29, 1.82) is 0 Å². The summed E-state index contributed by atoms with van der Waals surface area (Å²) in [7, 11) is 0. The molecule has 0 saturated heterocycles. The first-order valence-corrected chi connectivity index (χ1v) is 19.2. The van der Waals surface area contributed by atoms with Crippen LogP contribution in [0.2, 0.25) is 0 Å². The maximum atomic E-state index is 11.9. The van der Waals surface area contributed by atoms with Gasteiger partial charge in [0, 0.05) is 16.5 Å². The van der Waals surface area contributed by atoms with Crippen LogP contribution in [0.4, 0.5) is 4.39 Å². The molecule has 0 bridgehead atoms. The van der Waals surface area contributed by atoms with E-state index in [1.807, 2.05) is 0 Å². The lowest BCUT2D eigenvalue weighted by atomic mass is 9.88. The van der Waals surface area contributed by atoms with Crippen LogP contribution in [0.15, 0.2) is 194 Å². The first kappa shape index (κ1) is 31.1. The molecule has 13 rings (SSSR count). The molecule has 0 aliphatic carbocycles. The molecule has 1 aromatic heterocycles. The highest BCUT2D eigenvalue weighted by molar-refractivity contribution is 6.43. The highest BCUT2D eigenvalue weighted by atomic mass is 19.1. The number of hydrogen-bond donors (Lipinski definition) is 0. The van der Waals surface area contributed by atoms with Crippen molar-refractivity contribution in [1.82, 2.24) is 4.57 Å². The Labute approximate surface area is 321 Å². The van der Waals surface area contributed by atoms with E-state index >= 15 is 0 Å². The van der Waals surface area contributed by atoms with Crippen molar-refractivity contribution < 1.29 is 4.39 Å². The standard InChI is InChI=1S/C48H27N.C6H5F/c1-3-13-28(14-4-1)44-43-29(25-38-32-18-8-7-17-31(32)33-20-11-21-35(43)45(33)38)26-39-40-27-42-47(36-22-12-23-37(46(36)40)48(39)44)34-19-9-10-24-41(34)49(42)30-15-5-2-6-16-30;7-6-4-2-1-3-5-6/h1-27H;1-5H. The van der Waals surface area contributed by atoms with E-state index in [1.165, 1.54) is 126 Å². The Morgan fingerprint density at radius 2 is 0.786 bits per heavy atom. The van der Waals surface area contributed by atoms with Crippen molar-refractivity contribution >= 4 is 97.2 Å². The molecule has 13 aromatic rings. The number of para-hydroxylation sites is 2. The Hall–Kier alpha value is -7.29. The van der Waals surface area contributed by atoms with Crippen LogP contribution in [0.25, 0.3) is 114 Å². The Bertz CT molecular complexity index is 3620. The molecule has 12 aromatic carbocycles. The quantitative estimate of drug-likeness (QED) is 0.157. The van der Waals surface area contributed by atoms with Gasteiger partial charge in [0.25, 0.3) is 0 Å². The summed E-state index contributed by atoms with van der Waals surface area (Å²) < 4.78 is 14.4. The van der Waals surface area contributed by atoms with Crippen LogP contribution < -0.4 is 0 Å². The minimum Gasteiger partial charge on any atom is -0.309 e. The molecule has 260 valence electrons. The van der Waals surface area contributed by atoms with Crippen molar-refractivity contribution in [3.63, 3.8) is 0 Å². The molecule has 0 fully saturated rings. The van der Waals surface area contributed by atoms with Gasteiger partial charge in [-0.05, 0) is 135 Å². The normalized spacial score (nSPS) is 12.0. The second-order valence-electron chi connectivity index (χ2n) is 14.9. The van der Waals surface area contributed by atoms with Crippen LogP contribution in [0, 0.1) is 5.82 Å². The summed E-state index contributed by atoms with van der Waals surface area (Å²) in [4.78, 5) is 0. The van der Waals surface area contributed by atoms with Crippen LogP contribution in [-0.2, 0) is 0 Å². The number of rotatable bonds is 2. The number of aromatic nitrogens is 1. The molecule has 56 heavy (non-hydrogen) atoms. The fourth-order valence-corrected chi connectivity index (χ4v) is 9.79. The Balaban J connectivity index is 0.000000449. The van der Waals surface area contributed by atoms with Gasteiger partial charge in [-0.1, -0.05) is 146 Å². The molecule has 0 N–H and O–H groups in total. The van der Waals surface area contributed by atoms with Crippen molar-refractivity contribution in [2.45, 2.75) is 0 Å². The Kier molecular flexibility index (Phi) is 6.58. The van der Waals surface area contributed by atoms with Crippen LogP contribution in [0.5, 0.6) is 0 Å². The first-order valence-electron chi connectivity index (χ1n) is 19.2. The zero-order chi connectivity index (χ0) is 36.9. The minimum atomic E-state index is -0.178. The molecule has 1 heterocycles. The predicted molar refractivity (Wildman–Crippen MR) is 238 cm³/mol. The van der Waals surface area contributed by atoms with Crippen LogP contribution in [-0.4, -0.2) is 4.57 Å².